The number of halogens is 3. The van der Waals surface area contributed by atoms with Gasteiger partial charge >= 0.3 is 0 Å². The van der Waals surface area contributed by atoms with E-state index in [9.17, 15) is 9.18 Å². The first-order valence-electron chi connectivity index (χ1n) is 8.30. The maximum absolute atomic E-state index is 14.5. The van der Waals surface area contributed by atoms with Gasteiger partial charge in [0.1, 0.15) is 28.8 Å². The summed E-state index contributed by atoms with van der Waals surface area (Å²) < 4.78 is 19.9. The molecule has 3 heterocycles. The van der Waals surface area contributed by atoms with Crippen molar-refractivity contribution in [3.8, 4) is 0 Å². The van der Waals surface area contributed by atoms with E-state index in [-0.39, 0.29) is 46.7 Å². The fourth-order valence-electron chi connectivity index (χ4n) is 3.42. The number of aliphatic imine (C=N–C) groups is 1. The maximum Gasteiger partial charge on any atom is 0.283 e. The predicted molar refractivity (Wildman–Crippen MR) is 98.4 cm³/mol. The Kier molecular flexibility index (Phi) is 4.31. The molecule has 0 bridgehead atoms. The highest BCUT2D eigenvalue weighted by atomic mass is 35.5. The number of Topliss-reactive ketones (excluding diaryl/α,β-unsaturated/α-hetero) is 1. The minimum absolute atomic E-state index is 0.00475. The fraction of sp³-hybridized carbons (Fsp3) is 0.333. The Morgan fingerprint density at radius 1 is 1.44 bits per heavy atom. The molecule has 3 atom stereocenters. The van der Waals surface area contributed by atoms with E-state index in [1.807, 2.05) is 0 Å². The number of hydrogen-bond acceptors (Lipinski definition) is 6. The topological polar surface area (TPSA) is 90.5 Å². The fourth-order valence-corrected chi connectivity index (χ4v) is 3.90. The molecule has 0 saturated heterocycles. The molecule has 1 fully saturated rings. The van der Waals surface area contributed by atoms with Crippen LogP contribution in [0, 0.1) is 11.7 Å². The van der Waals surface area contributed by atoms with Crippen LogP contribution >= 0.6 is 23.2 Å². The highest BCUT2D eigenvalue weighted by Gasteiger charge is 2.58. The molecule has 1 saturated carbocycles. The van der Waals surface area contributed by atoms with Gasteiger partial charge in [-0.3, -0.25) is 9.78 Å². The van der Waals surface area contributed by atoms with Crippen LogP contribution in [0.3, 0.4) is 0 Å². The number of pyridine rings is 2. The van der Waals surface area contributed by atoms with Gasteiger partial charge in [0, 0.05) is 17.8 Å². The second kappa shape index (κ2) is 6.42. The molecule has 1 aliphatic carbocycles. The lowest BCUT2D eigenvalue weighted by molar-refractivity contribution is 0.0987. The molecular weight excluding hydrogens is 394 g/mol. The summed E-state index contributed by atoms with van der Waals surface area (Å²) in [6.07, 6.45) is 1.92. The van der Waals surface area contributed by atoms with E-state index in [4.69, 9.17) is 33.7 Å². The van der Waals surface area contributed by atoms with Crippen molar-refractivity contribution in [2.45, 2.75) is 31.4 Å². The van der Waals surface area contributed by atoms with E-state index >= 15 is 0 Å². The van der Waals surface area contributed by atoms with Gasteiger partial charge in [0.25, 0.3) is 6.02 Å². The van der Waals surface area contributed by atoms with Crippen molar-refractivity contribution >= 4 is 35.0 Å². The third-order valence-corrected chi connectivity index (χ3v) is 5.36. The van der Waals surface area contributed by atoms with E-state index in [0.29, 0.717) is 10.7 Å². The number of ether oxygens (including phenoxy) is 1. The average Bonchev–Trinajstić information content (AvgIpc) is 3.36. The number of amidine groups is 1. The lowest BCUT2D eigenvalue weighted by Gasteiger charge is -2.29. The van der Waals surface area contributed by atoms with Gasteiger partial charge in [0.2, 0.25) is 0 Å². The quantitative estimate of drug-likeness (QED) is 0.783. The lowest BCUT2D eigenvalue weighted by atomic mass is 9.90. The van der Waals surface area contributed by atoms with Gasteiger partial charge in [-0.1, -0.05) is 23.2 Å². The molecule has 6 nitrogen and oxygen atoms in total. The zero-order chi connectivity index (χ0) is 19.3. The number of carbonyl (C=O) groups is 1. The van der Waals surface area contributed by atoms with Crippen molar-refractivity contribution in [2.75, 3.05) is 0 Å². The first-order chi connectivity index (χ1) is 12.8. The summed E-state index contributed by atoms with van der Waals surface area (Å²) >= 11 is 11.8. The van der Waals surface area contributed by atoms with Crippen molar-refractivity contribution in [3.05, 3.63) is 57.3 Å². The van der Waals surface area contributed by atoms with Gasteiger partial charge in [0.05, 0.1) is 16.5 Å². The smallest absolute Gasteiger partial charge is 0.283 e. The number of nitrogens with two attached hydrogens (primary N) is 1. The zero-order valence-corrected chi connectivity index (χ0v) is 15.8. The van der Waals surface area contributed by atoms with Crippen LogP contribution in [-0.2, 0) is 16.7 Å². The van der Waals surface area contributed by atoms with E-state index < -0.39 is 11.4 Å². The summed E-state index contributed by atoms with van der Waals surface area (Å²) in [6, 6.07) is 4.21. The van der Waals surface area contributed by atoms with E-state index in [1.165, 1.54) is 24.4 Å². The SMILES string of the molecule is C[C@]1(c2nc(CC(=O)c3ncc(Cl)cc3Cl)ccc2F)N=C(N)O[C@@H]2C[C@@H]21. The number of nitrogens with zero attached hydrogens (tertiary/aromatic N) is 3. The van der Waals surface area contributed by atoms with Crippen LogP contribution in [0.2, 0.25) is 10.0 Å². The number of ketones is 1. The molecule has 0 spiro atoms. The van der Waals surface area contributed by atoms with Crippen molar-refractivity contribution in [2.24, 2.45) is 16.6 Å². The van der Waals surface area contributed by atoms with Gasteiger partial charge < -0.3 is 10.5 Å². The van der Waals surface area contributed by atoms with Gasteiger partial charge in [-0.15, -0.1) is 0 Å². The van der Waals surface area contributed by atoms with Crippen molar-refractivity contribution < 1.29 is 13.9 Å². The molecule has 1 aliphatic heterocycles. The molecule has 0 radical (unpaired) electrons. The van der Waals surface area contributed by atoms with Crippen LogP contribution in [0.15, 0.2) is 29.4 Å². The van der Waals surface area contributed by atoms with Crippen LogP contribution in [0.4, 0.5) is 4.39 Å². The van der Waals surface area contributed by atoms with Crippen LogP contribution in [0.25, 0.3) is 0 Å². The Labute approximate surface area is 164 Å². The molecule has 2 aliphatic rings. The first kappa shape index (κ1) is 18.1. The number of fused-ring (bicyclic) bond motifs is 1. The Morgan fingerprint density at radius 2 is 2.22 bits per heavy atom. The molecular formula is C18H15Cl2FN4O2. The largest absolute Gasteiger partial charge is 0.462 e. The van der Waals surface area contributed by atoms with E-state index in [0.717, 1.165) is 6.42 Å². The lowest BCUT2D eigenvalue weighted by Crippen LogP contribution is -2.36. The predicted octanol–water partition coefficient (Wildman–Crippen LogP) is 3.30. The van der Waals surface area contributed by atoms with Gasteiger partial charge in [-0.25, -0.2) is 14.4 Å². The van der Waals surface area contributed by atoms with Crippen molar-refractivity contribution in [1.82, 2.24) is 9.97 Å². The maximum atomic E-state index is 14.5. The normalized spacial score (nSPS) is 26.0. The van der Waals surface area contributed by atoms with Gasteiger partial charge in [-0.05, 0) is 31.5 Å². The van der Waals surface area contributed by atoms with Crippen LogP contribution in [0.1, 0.15) is 35.2 Å². The highest BCUT2D eigenvalue weighted by molar-refractivity contribution is 6.36. The molecule has 9 heteroatoms. The summed E-state index contributed by atoms with van der Waals surface area (Å²) in [5, 5.41) is 0.491. The third kappa shape index (κ3) is 3.26. The number of hydrogen-bond donors (Lipinski definition) is 1. The second-order valence-electron chi connectivity index (χ2n) is 6.81. The number of aromatic nitrogens is 2. The van der Waals surface area contributed by atoms with Crippen molar-refractivity contribution in [1.29, 1.82) is 0 Å². The molecule has 2 N–H and O–H groups in total. The van der Waals surface area contributed by atoms with Gasteiger partial charge in [-0.2, -0.15) is 0 Å². The Balaban J connectivity index is 1.65. The third-order valence-electron chi connectivity index (χ3n) is 4.87. The molecule has 2 aromatic rings. The molecule has 0 amide bonds. The number of rotatable bonds is 4. The Morgan fingerprint density at radius 3 is 2.96 bits per heavy atom. The van der Waals surface area contributed by atoms with Crippen LogP contribution in [-0.4, -0.2) is 27.9 Å². The molecule has 27 heavy (non-hydrogen) atoms. The molecule has 140 valence electrons. The molecule has 4 rings (SSSR count). The van der Waals surface area contributed by atoms with E-state index in [1.54, 1.807) is 6.92 Å². The monoisotopic (exact) mass is 408 g/mol. The molecule has 2 aromatic heterocycles. The molecule has 0 unspecified atom stereocenters. The average molecular weight is 409 g/mol. The summed E-state index contributed by atoms with van der Waals surface area (Å²) in [7, 11) is 0. The number of carbonyl (C=O) groups excluding carboxylic acids is 1. The Hall–Kier alpha value is -2.25. The van der Waals surface area contributed by atoms with E-state index in [2.05, 4.69) is 15.0 Å². The standard InChI is InChI=1S/C18H15Cl2FN4O2/c1-18(10-6-14(10)27-17(22)25-18)16-12(21)3-2-9(24-16)5-13(26)15-11(20)4-8(19)7-23-15/h2-4,7,10,14H,5-6H2,1H3,(H2,22,25)/t10-,14+,18-/m0/s1. The second-order valence-corrected chi connectivity index (χ2v) is 7.66. The zero-order valence-electron chi connectivity index (χ0n) is 14.2. The van der Waals surface area contributed by atoms with Crippen molar-refractivity contribution in [3.63, 3.8) is 0 Å². The van der Waals surface area contributed by atoms with Crippen LogP contribution < -0.4 is 5.73 Å². The summed E-state index contributed by atoms with van der Waals surface area (Å²) in [5.41, 5.74) is 5.44. The molecule has 0 aromatic carbocycles. The minimum atomic E-state index is -0.924. The highest BCUT2D eigenvalue weighted by Crippen LogP contribution is 2.52. The summed E-state index contributed by atoms with van der Waals surface area (Å²) in [6.45, 7) is 1.78. The summed E-state index contributed by atoms with van der Waals surface area (Å²) in [4.78, 5) is 25.2. The van der Waals surface area contributed by atoms with Crippen LogP contribution in [0.5, 0.6) is 0 Å². The minimum Gasteiger partial charge on any atom is -0.462 e. The van der Waals surface area contributed by atoms with Gasteiger partial charge in [0.15, 0.2) is 5.78 Å². The first-order valence-corrected chi connectivity index (χ1v) is 9.05. The Bertz CT molecular complexity index is 984. The summed E-state index contributed by atoms with van der Waals surface area (Å²) in [5.74, 6) is -0.836.